The van der Waals surface area contributed by atoms with Gasteiger partial charge in [0.1, 0.15) is 10.8 Å². The molecular weight excluding hydrogens is 290 g/mol. The fourth-order valence-electron chi connectivity index (χ4n) is 2.35. The molecule has 2 aromatic rings. The van der Waals surface area contributed by atoms with Crippen LogP contribution in [0, 0.1) is 0 Å². The Hall–Kier alpha value is -1.39. The van der Waals surface area contributed by atoms with Crippen LogP contribution < -0.4 is 0 Å². The van der Waals surface area contributed by atoms with Crippen molar-refractivity contribution < 1.29 is 0 Å². The average molecular weight is 306 g/mol. The molecule has 0 bridgehead atoms. The Morgan fingerprint density at radius 2 is 2.05 bits per heavy atom. The minimum absolute atomic E-state index is 0.747. The van der Waals surface area contributed by atoms with Crippen LogP contribution in [0.4, 0.5) is 5.00 Å². The standard InChI is InChI=1S/C15H16ClN3S/c1-19-9-3-2-4-14(19)18-15-13(10-17-20-15)11-5-7-12(16)8-6-11/h5-8,10H,2-4,9H2,1H3/b18-14-. The minimum atomic E-state index is 0.747. The topological polar surface area (TPSA) is 28.5 Å². The van der Waals surface area contributed by atoms with Crippen molar-refractivity contribution in [2.75, 3.05) is 13.6 Å². The number of hydrogen-bond acceptors (Lipinski definition) is 3. The number of aromatic nitrogens is 1. The summed E-state index contributed by atoms with van der Waals surface area (Å²) < 4.78 is 4.29. The second kappa shape index (κ2) is 5.94. The Morgan fingerprint density at radius 1 is 1.25 bits per heavy atom. The van der Waals surface area contributed by atoms with Gasteiger partial charge in [-0.25, -0.2) is 4.99 Å². The van der Waals surface area contributed by atoms with E-state index >= 15 is 0 Å². The summed E-state index contributed by atoms with van der Waals surface area (Å²) in [7, 11) is 2.11. The Kier molecular flexibility index (Phi) is 4.03. The van der Waals surface area contributed by atoms with Crippen LogP contribution in [-0.4, -0.2) is 28.7 Å². The molecule has 1 aliphatic heterocycles. The molecule has 0 atom stereocenters. The molecule has 20 heavy (non-hydrogen) atoms. The third kappa shape index (κ3) is 2.86. The summed E-state index contributed by atoms with van der Waals surface area (Å²) >= 11 is 7.39. The largest absolute Gasteiger partial charge is 0.363 e. The van der Waals surface area contributed by atoms with E-state index < -0.39 is 0 Å². The zero-order chi connectivity index (χ0) is 13.9. The number of hydrogen-bond donors (Lipinski definition) is 0. The molecule has 3 nitrogen and oxygen atoms in total. The average Bonchev–Trinajstić information content (AvgIpc) is 2.90. The van der Waals surface area contributed by atoms with Gasteiger partial charge in [0, 0.05) is 30.6 Å². The molecular formula is C15H16ClN3S. The van der Waals surface area contributed by atoms with Crippen LogP contribution in [0.2, 0.25) is 5.02 Å². The molecule has 1 aromatic heterocycles. The first-order chi connectivity index (χ1) is 9.74. The van der Waals surface area contributed by atoms with Crippen LogP contribution in [0.3, 0.4) is 0 Å². The predicted octanol–water partition coefficient (Wildman–Crippen LogP) is 4.61. The fourth-order valence-corrected chi connectivity index (χ4v) is 3.15. The van der Waals surface area contributed by atoms with E-state index in [0.29, 0.717) is 0 Å². The Labute approximate surface area is 128 Å². The van der Waals surface area contributed by atoms with Gasteiger partial charge in [0.15, 0.2) is 0 Å². The summed E-state index contributed by atoms with van der Waals surface area (Å²) in [5.41, 5.74) is 2.19. The summed E-state index contributed by atoms with van der Waals surface area (Å²) in [6.45, 7) is 1.09. The Morgan fingerprint density at radius 3 is 2.80 bits per heavy atom. The van der Waals surface area contributed by atoms with E-state index in [2.05, 4.69) is 16.3 Å². The van der Waals surface area contributed by atoms with Crippen molar-refractivity contribution in [1.82, 2.24) is 9.27 Å². The van der Waals surface area contributed by atoms with Crippen molar-refractivity contribution in [2.45, 2.75) is 19.3 Å². The lowest BCUT2D eigenvalue weighted by Crippen LogP contribution is -2.31. The lowest BCUT2D eigenvalue weighted by Gasteiger charge is -2.25. The van der Waals surface area contributed by atoms with Gasteiger partial charge < -0.3 is 4.90 Å². The molecule has 0 aliphatic carbocycles. The van der Waals surface area contributed by atoms with Gasteiger partial charge in [-0.2, -0.15) is 4.37 Å². The number of amidine groups is 1. The molecule has 0 N–H and O–H groups in total. The number of piperidine rings is 1. The van der Waals surface area contributed by atoms with E-state index in [1.54, 1.807) is 0 Å². The molecule has 1 fully saturated rings. The highest BCUT2D eigenvalue weighted by molar-refractivity contribution is 7.10. The number of likely N-dealkylation sites (tertiary alicyclic amines) is 1. The van der Waals surface area contributed by atoms with E-state index in [4.69, 9.17) is 16.6 Å². The number of rotatable bonds is 2. The van der Waals surface area contributed by atoms with Gasteiger partial charge in [-0.1, -0.05) is 23.7 Å². The van der Waals surface area contributed by atoms with Crippen molar-refractivity contribution in [3.05, 3.63) is 35.5 Å². The molecule has 1 aliphatic rings. The van der Waals surface area contributed by atoms with Crippen LogP contribution in [0.1, 0.15) is 19.3 Å². The van der Waals surface area contributed by atoms with E-state index in [1.807, 2.05) is 30.5 Å². The quantitative estimate of drug-likeness (QED) is 0.810. The lowest BCUT2D eigenvalue weighted by atomic mass is 10.1. The van der Waals surface area contributed by atoms with Crippen LogP contribution in [0.5, 0.6) is 0 Å². The molecule has 2 heterocycles. The minimum Gasteiger partial charge on any atom is -0.363 e. The van der Waals surface area contributed by atoms with Crippen molar-refractivity contribution in [2.24, 2.45) is 4.99 Å². The molecule has 0 radical (unpaired) electrons. The summed E-state index contributed by atoms with van der Waals surface area (Å²) in [6.07, 6.45) is 5.41. The highest BCUT2D eigenvalue weighted by Gasteiger charge is 2.14. The second-order valence-electron chi connectivity index (χ2n) is 4.96. The highest BCUT2D eigenvalue weighted by atomic mass is 35.5. The third-order valence-electron chi connectivity index (χ3n) is 3.52. The Balaban J connectivity index is 1.94. The molecule has 3 rings (SSSR count). The summed E-state index contributed by atoms with van der Waals surface area (Å²) in [5.74, 6) is 1.16. The van der Waals surface area contributed by atoms with Gasteiger partial charge in [-0.15, -0.1) is 0 Å². The molecule has 0 spiro atoms. The number of nitrogens with zero attached hydrogens (tertiary/aromatic N) is 3. The number of halogens is 1. The van der Waals surface area contributed by atoms with Crippen molar-refractivity contribution >= 4 is 34.0 Å². The van der Waals surface area contributed by atoms with Crippen LogP contribution in [-0.2, 0) is 0 Å². The summed E-state index contributed by atoms with van der Waals surface area (Å²) in [5, 5.41) is 1.73. The second-order valence-corrected chi connectivity index (χ2v) is 6.17. The maximum Gasteiger partial charge on any atom is 0.146 e. The first-order valence-electron chi connectivity index (χ1n) is 6.73. The van der Waals surface area contributed by atoms with Crippen molar-refractivity contribution in [3.63, 3.8) is 0 Å². The van der Waals surface area contributed by atoms with Crippen molar-refractivity contribution in [1.29, 1.82) is 0 Å². The molecule has 104 valence electrons. The number of benzene rings is 1. The third-order valence-corrected chi connectivity index (χ3v) is 4.47. The van der Waals surface area contributed by atoms with Gasteiger partial charge in [0.2, 0.25) is 0 Å². The van der Waals surface area contributed by atoms with E-state index in [-0.39, 0.29) is 0 Å². The monoisotopic (exact) mass is 305 g/mol. The Bertz CT molecular complexity index is 618. The zero-order valence-electron chi connectivity index (χ0n) is 11.3. The molecule has 1 aromatic carbocycles. The van der Waals surface area contributed by atoms with Crippen LogP contribution in [0.25, 0.3) is 11.1 Å². The van der Waals surface area contributed by atoms with E-state index in [0.717, 1.165) is 40.0 Å². The van der Waals surface area contributed by atoms with Gasteiger partial charge in [0.05, 0.1) is 6.20 Å². The first kappa shape index (κ1) is 13.6. The van der Waals surface area contributed by atoms with Gasteiger partial charge in [-0.05, 0) is 42.1 Å². The molecule has 5 heteroatoms. The van der Waals surface area contributed by atoms with Gasteiger partial charge >= 0.3 is 0 Å². The summed E-state index contributed by atoms with van der Waals surface area (Å²) in [6, 6.07) is 7.83. The molecule has 1 saturated heterocycles. The highest BCUT2D eigenvalue weighted by Crippen LogP contribution is 2.35. The van der Waals surface area contributed by atoms with Crippen LogP contribution in [0.15, 0.2) is 35.5 Å². The van der Waals surface area contributed by atoms with Gasteiger partial charge in [-0.3, -0.25) is 0 Å². The lowest BCUT2D eigenvalue weighted by molar-refractivity contribution is 0.434. The fraction of sp³-hybridized carbons (Fsp3) is 0.333. The van der Waals surface area contributed by atoms with Gasteiger partial charge in [0.25, 0.3) is 0 Å². The maximum absolute atomic E-state index is 5.94. The SMILES string of the molecule is CN1CCCC/C1=N/c1sncc1-c1ccc(Cl)cc1. The molecule has 0 amide bonds. The first-order valence-corrected chi connectivity index (χ1v) is 7.88. The zero-order valence-corrected chi connectivity index (χ0v) is 12.9. The smallest absolute Gasteiger partial charge is 0.146 e. The number of aliphatic imine (C=N–C) groups is 1. The van der Waals surface area contributed by atoms with Crippen molar-refractivity contribution in [3.8, 4) is 11.1 Å². The van der Waals surface area contributed by atoms with Crippen LogP contribution >= 0.6 is 23.1 Å². The maximum atomic E-state index is 5.94. The normalized spacial score (nSPS) is 17.7. The summed E-state index contributed by atoms with van der Waals surface area (Å²) in [4.78, 5) is 7.07. The molecule has 0 unspecified atom stereocenters. The van der Waals surface area contributed by atoms with E-state index in [9.17, 15) is 0 Å². The predicted molar refractivity (Wildman–Crippen MR) is 86.1 cm³/mol. The molecule has 0 saturated carbocycles. The van der Waals surface area contributed by atoms with E-state index in [1.165, 1.54) is 24.4 Å².